The summed E-state index contributed by atoms with van der Waals surface area (Å²) in [6, 6.07) is 0. The summed E-state index contributed by atoms with van der Waals surface area (Å²) in [6.07, 6.45) is -4.30. The molecule has 0 saturated heterocycles. The number of rotatable bonds is 8. The van der Waals surface area contributed by atoms with E-state index in [4.69, 9.17) is 0 Å². The van der Waals surface area contributed by atoms with E-state index in [2.05, 4.69) is 39.4 Å². The van der Waals surface area contributed by atoms with Crippen LogP contribution >= 0.6 is 0 Å². The fourth-order valence-corrected chi connectivity index (χ4v) is 1.34. The minimum atomic E-state index is -4.30. The molecule has 19 heavy (non-hydrogen) atoms. The average molecular weight is 281 g/mol. The Balaban J connectivity index is 2.28. The van der Waals surface area contributed by atoms with Crippen LogP contribution in [0.25, 0.3) is 0 Å². The van der Waals surface area contributed by atoms with E-state index in [0.29, 0.717) is 18.3 Å². The van der Waals surface area contributed by atoms with E-state index in [1.165, 1.54) is 4.68 Å². The van der Waals surface area contributed by atoms with Crippen LogP contribution in [0.3, 0.4) is 0 Å². The lowest BCUT2D eigenvalue weighted by molar-refractivity contribution is -0.174. The number of nitrogens with zero attached hydrogens (tertiary/aromatic N) is 4. The highest BCUT2D eigenvalue weighted by Gasteiger charge is 2.27. The Bertz CT molecular complexity index is 366. The van der Waals surface area contributed by atoms with Crippen molar-refractivity contribution in [1.82, 2.24) is 25.5 Å². The van der Waals surface area contributed by atoms with E-state index in [1.807, 2.05) is 0 Å². The third kappa shape index (κ3) is 7.06. The van der Waals surface area contributed by atoms with Crippen LogP contribution in [0.15, 0.2) is 0 Å². The van der Waals surface area contributed by atoms with E-state index >= 15 is 0 Å². The van der Waals surface area contributed by atoms with Crippen molar-refractivity contribution < 1.29 is 17.9 Å². The van der Waals surface area contributed by atoms with Gasteiger partial charge in [-0.05, 0) is 22.9 Å². The van der Waals surface area contributed by atoms with E-state index in [9.17, 15) is 13.2 Å². The smallest absolute Gasteiger partial charge is 0.370 e. The summed E-state index contributed by atoms with van der Waals surface area (Å²) in [5.74, 6) is 1.08. The molecule has 1 heterocycles. The van der Waals surface area contributed by atoms with Crippen LogP contribution in [0.1, 0.15) is 19.7 Å². The minimum Gasteiger partial charge on any atom is -0.370 e. The zero-order valence-electron chi connectivity index (χ0n) is 10.9. The van der Waals surface area contributed by atoms with Crippen LogP contribution in [0.4, 0.5) is 13.2 Å². The number of hydrogen-bond donors (Lipinski definition) is 1. The number of ether oxygens (including phenoxy) is 1. The third-order valence-corrected chi connectivity index (χ3v) is 2.15. The first kappa shape index (κ1) is 15.8. The van der Waals surface area contributed by atoms with Crippen molar-refractivity contribution >= 4 is 0 Å². The van der Waals surface area contributed by atoms with Gasteiger partial charge < -0.3 is 10.1 Å². The van der Waals surface area contributed by atoms with E-state index in [1.54, 1.807) is 0 Å². The van der Waals surface area contributed by atoms with Crippen molar-refractivity contribution in [1.29, 1.82) is 0 Å². The third-order valence-electron chi connectivity index (χ3n) is 2.15. The summed E-state index contributed by atoms with van der Waals surface area (Å²) in [4.78, 5) is 0. The molecule has 9 heteroatoms. The summed E-state index contributed by atoms with van der Waals surface area (Å²) in [5.41, 5.74) is 0. The minimum absolute atomic E-state index is 0.0816. The van der Waals surface area contributed by atoms with Gasteiger partial charge in [0.15, 0.2) is 5.82 Å². The predicted molar refractivity (Wildman–Crippen MR) is 61.2 cm³/mol. The Morgan fingerprint density at radius 1 is 1.37 bits per heavy atom. The molecule has 6 nitrogen and oxygen atoms in total. The van der Waals surface area contributed by atoms with Crippen LogP contribution in [0, 0.1) is 5.92 Å². The quantitative estimate of drug-likeness (QED) is 0.720. The summed E-state index contributed by atoms with van der Waals surface area (Å²) >= 11 is 0. The number of alkyl halides is 3. The van der Waals surface area contributed by atoms with Crippen LogP contribution in [-0.4, -0.2) is 46.1 Å². The molecule has 0 bridgehead atoms. The van der Waals surface area contributed by atoms with E-state index in [-0.39, 0.29) is 13.2 Å². The first-order valence-electron chi connectivity index (χ1n) is 5.98. The Morgan fingerprint density at radius 3 is 2.74 bits per heavy atom. The van der Waals surface area contributed by atoms with Gasteiger partial charge in [-0.25, -0.2) is 4.68 Å². The molecule has 0 aliphatic rings. The summed E-state index contributed by atoms with van der Waals surface area (Å²) in [5, 5.41) is 14.2. The lowest BCUT2D eigenvalue weighted by atomic mass is 10.2. The Labute approximate surface area is 109 Å². The summed E-state index contributed by atoms with van der Waals surface area (Å²) in [6.45, 7) is 4.29. The molecule has 0 radical (unpaired) electrons. The second-order valence-electron chi connectivity index (χ2n) is 4.51. The molecule has 1 N–H and O–H groups in total. The molecular formula is C10H18F3N5O. The highest BCUT2D eigenvalue weighted by atomic mass is 19.4. The number of aromatic nitrogens is 4. The van der Waals surface area contributed by atoms with Gasteiger partial charge >= 0.3 is 6.18 Å². The lowest BCUT2D eigenvalue weighted by Gasteiger charge is -2.09. The SMILES string of the molecule is CC(C)CNCc1nnnn1CCOCC(F)(F)F. The molecule has 0 aliphatic heterocycles. The van der Waals surface area contributed by atoms with Gasteiger partial charge in [0.05, 0.1) is 19.7 Å². The molecule has 0 saturated carbocycles. The lowest BCUT2D eigenvalue weighted by Crippen LogP contribution is -2.23. The molecule has 0 amide bonds. The molecule has 0 unspecified atom stereocenters. The predicted octanol–water partition coefficient (Wildman–Crippen LogP) is 0.998. The fraction of sp³-hybridized carbons (Fsp3) is 0.900. The van der Waals surface area contributed by atoms with Crippen LogP contribution in [-0.2, 0) is 17.8 Å². The number of nitrogens with one attached hydrogen (secondary N) is 1. The van der Waals surface area contributed by atoms with Crippen LogP contribution in [0.5, 0.6) is 0 Å². The first-order chi connectivity index (χ1) is 8.88. The number of halogens is 3. The normalized spacial score (nSPS) is 12.3. The molecule has 0 fully saturated rings. The maximum Gasteiger partial charge on any atom is 0.411 e. The number of hydrogen-bond acceptors (Lipinski definition) is 5. The van der Waals surface area contributed by atoms with Crippen molar-refractivity contribution in [2.75, 3.05) is 19.8 Å². The molecule has 0 aromatic carbocycles. The zero-order valence-corrected chi connectivity index (χ0v) is 10.9. The molecule has 1 aromatic heterocycles. The van der Waals surface area contributed by atoms with Crippen LogP contribution in [0.2, 0.25) is 0 Å². The largest absolute Gasteiger partial charge is 0.411 e. The molecule has 1 aromatic rings. The first-order valence-corrected chi connectivity index (χ1v) is 5.98. The molecule has 110 valence electrons. The van der Waals surface area contributed by atoms with E-state index < -0.39 is 12.8 Å². The summed E-state index contributed by atoms with van der Waals surface area (Å²) < 4.78 is 41.5. The van der Waals surface area contributed by atoms with Gasteiger partial charge in [-0.3, -0.25) is 0 Å². The van der Waals surface area contributed by atoms with E-state index in [0.717, 1.165) is 6.54 Å². The topological polar surface area (TPSA) is 64.9 Å². The van der Waals surface area contributed by atoms with Gasteiger partial charge in [-0.15, -0.1) is 5.10 Å². The zero-order chi connectivity index (χ0) is 14.3. The molecule has 0 atom stereocenters. The van der Waals surface area contributed by atoms with Crippen molar-refractivity contribution in [3.63, 3.8) is 0 Å². The highest BCUT2D eigenvalue weighted by Crippen LogP contribution is 2.14. The highest BCUT2D eigenvalue weighted by molar-refractivity contribution is 4.79. The van der Waals surface area contributed by atoms with Gasteiger partial charge in [0.25, 0.3) is 0 Å². The van der Waals surface area contributed by atoms with Crippen LogP contribution < -0.4 is 5.32 Å². The molecule has 0 spiro atoms. The van der Waals surface area contributed by atoms with Gasteiger partial charge in [-0.1, -0.05) is 13.8 Å². The Kier molecular flexibility index (Phi) is 6.16. The van der Waals surface area contributed by atoms with Gasteiger partial charge in [0.1, 0.15) is 6.61 Å². The second-order valence-corrected chi connectivity index (χ2v) is 4.51. The van der Waals surface area contributed by atoms with Crippen molar-refractivity contribution in [3.8, 4) is 0 Å². The van der Waals surface area contributed by atoms with Gasteiger partial charge in [0.2, 0.25) is 0 Å². The van der Waals surface area contributed by atoms with Gasteiger partial charge in [0, 0.05) is 0 Å². The maximum atomic E-state index is 11.9. The monoisotopic (exact) mass is 281 g/mol. The summed E-state index contributed by atoms with van der Waals surface area (Å²) in [7, 11) is 0. The van der Waals surface area contributed by atoms with Crippen molar-refractivity contribution in [3.05, 3.63) is 5.82 Å². The molecular weight excluding hydrogens is 263 g/mol. The number of tetrazole rings is 1. The molecule has 1 rings (SSSR count). The molecule has 0 aliphatic carbocycles. The van der Waals surface area contributed by atoms with Crippen molar-refractivity contribution in [2.24, 2.45) is 5.92 Å². The van der Waals surface area contributed by atoms with Gasteiger partial charge in [-0.2, -0.15) is 13.2 Å². The second kappa shape index (κ2) is 7.39. The Hall–Kier alpha value is -1.22. The standard InChI is InChI=1S/C10H18F3N5O/c1-8(2)5-14-6-9-15-16-17-18(9)3-4-19-7-10(11,12)13/h8,14H,3-7H2,1-2H3. The van der Waals surface area contributed by atoms with Crippen molar-refractivity contribution in [2.45, 2.75) is 33.1 Å². The fourth-order valence-electron chi connectivity index (χ4n) is 1.34. The maximum absolute atomic E-state index is 11.9. The average Bonchev–Trinajstić information content (AvgIpc) is 2.70. The Morgan fingerprint density at radius 2 is 2.11 bits per heavy atom.